The first-order valence-corrected chi connectivity index (χ1v) is 14.1. The van der Waals surface area contributed by atoms with Crippen LogP contribution >= 0.6 is 0 Å². The average Bonchev–Trinajstić information content (AvgIpc) is 3.27. The van der Waals surface area contributed by atoms with Crippen molar-refractivity contribution < 1.29 is 17.9 Å². The van der Waals surface area contributed by atoms with Crippen molar-refractivity contribution in [2.75, 3.05) is 39.5 Å². The number of nitrogens with zero attached hydrogens (tertiary/aromatic N) is 2. The average molecular weight is 550 g/mol. The second-order valence-electron chi connectivity index (χ2n) is 11.2. The number of hydrogen-bond acceptors (Lipinski definition) is 3. The molecular weight excluding hydrogens is 511 g/mol. The molecule has 1 fully saturated rings. The minimum atomic E-state index is -0.651. The van der Waals surface area contributed by atoms with Gasteiger partial charge in [0.15, 0.2) is 0 Å². The molecular formula is C33H38F3N3O. The Labute approximate surface area is 234 Å². The van der Waals surface area contributed by atoms with Crippen molar-refractivity contribution in [3.8, 4) is 5.75 Å². The smallest absolute Gasteiger partial charge is 0.129 e. The molecule has 2 aliphatic rings. The maximum absolute atomic E-state index is 12.8. The fourth-order valence-corrected chi connectivity index (χ4v) is 5.75. The van der Waals surface area contributed by atoms with Crippen LogP contribution in [-0.2, 0) is 13.0 Å². The second-order valence-corrected chi connectivity index (χ2v) is 11.2. The van der Waals surface area contributed by atoms with E-state index in [1.54, 1.807) is 0 Å². The number of benzene rings is 3. The van der Waals surface area contributed by atoms with Crippen LogP contribution in [0.4, 0.5) is 13.2 Å². The minimum Gasteiger partial charge on any atom is -0.492 e. The number of likely N-dealkylation sites (tertiary alicyclic amines) is 1. The standard InChI is InChI=1S/C21H24N2.C12H14F3NO/c1-15(17-8-4-3-5-9-17)13-23-14-21-19(12-16(23)2)18-10-6-7-11-20(18)22-21;13-6-9-7-16(8-9)1-2-17-12-4-10(14)3-11(15)5-12/h3-11,15-16,22H,12-14H2,1-2H3;3-5,9H,1-2,6-8H2/t15-,16-;/m1./s1. The normalized spacial score (nSPS) is 18.5. The Morgan fingerprint density at radius 2 is 1.68 bits per heavy atom. The molecule has 2 aliphatic heterocycles. The summed E-state index contributed by atoms with van der Waals surface area (Å²) in [7, 11) is 0. The molecule has 0 radical (unpaired) electrons. The summed E-state index contributed by atoms with van der Waals surface area (Å²) in [6, 6.07) is 23.2. The van der Waals surface area contributed by atoms with Crippen LogP contribution in [0, 0.1) is 17.6 Å². The van der Waals surface area contributed by atoms with E-state index in [9.17, 15) is 13.2 Å². The number of rotatable bonds is 8. The summed E-state index contributed by atoms with van der Waals surface area (Å²) >= 11 is 0. The van der Waals surface area contributed by atoms with Gasteiger partial charge in [-0.1, -0.05) is 55.5 Å². The zero-order chi connectivity index (χ0) is 28.1. The van der Waals surface area contributed by atoms with Crippen molar-refractivity contribution in [2.45, 2.75) is 38.8 Å². The SMILES string of the molecule is C[C@H](CN1Cc2[nH]c3ccccc3c2C[C@H]1C)c1ccccc1.FCC1CN(CCOc2cc(F)cc(F)c2)C1. The number of aromatic nitrogens is 1. The highest BCUT2D eigenvalue weighted by atomic mass is 19.1. The van der Waals surface area contributed by atoms with Crippen molar-refractivity contribution >= 4 is 10.9 Å². The third-order valence-corrected chi connectivity index (χ3v) is 8.03. The molecule has 0 amide bonds. The van der Waals surface area contributed by atoms with Crippen LogP contribution in [0.5, 0.6) is 5.75 Å². The first-order valence-electron chi connectivity index (χ1n) is 14.1. The summed E-state index contributed by atoms with van der Waals surface area (Å²) in [5.74, 6) is -0.417. The van der Waals surface area contributed by atoms with Crippen molar-refractivity contribution in [1.82, 2.24) is 14.8 Å². The van der Waals surface area contributed by atoms with Gasteiger partial charge in [0.25, 0.3) is 0 Å². The highest BCUT2D eigenvalue weighted by molar-refractivity contribution is 5.84. The molecule has 1 aromatic heterocycles. The molecule has 40 heavy (non-hydrogen) atoms. The Morgan fingerprint density at radius 1 is 0.975 bits per heavy atom. The molecule has 0 unspecified atom stereocenters. The lowest BCUT2D eigenvalue weighted by atomic mass is 9.94. The second kappa shape index (κ2) is 12.9. The monoisotopic (exact) mass is 549 g/mol. The van der Waals surface area contributed by atoms with E-state index in [4.69, 9.17) is 4.74 Å². The van der Waals surface area contributed by atoms with Gasteiger partial charge in [-0.25, -0.2) is 8.78 Å². The molecule has 1 saturated heterocycles. The van der Waals surface area contributed by atoms with Gasteiger partial charge in [-0.15, -0.1) is 0 Å². The number of ether oxygens (including phenoxy) is 1. The molecule has 0 spiro atoms. The number of nitrogens with one attached hydrogen (secondary N) is 1. The molecule has 1 N–H and O–H groups in total. The van der Waals surface area contributed by atoms with E-state index in [-0.39, 0.29) is 18.3 Å². The zero-order valence-electron chi connectivity index (χ0n) is 23.3. The number of hydrogen-bond donors (Lipinski definition) is 1. The van der Waals surface area contributed by atoms with E-state index in [1.807, 2.05) is 4.90 Å². The van der Waals surface area contributed by atoms with Crippen LogP contribution in [0.2, 0.25) is 0 Å². The molecule has 0 bridgehead atoms. The number of halogens is 3. The third kappa shape index (κ3) is 6.88. The number of aromatic amines is 1. The van der Waals surface area contributed by atoms with E-state index in [2.05, 4.69) is 78.3 Å². The van der Waals surface area contributed by atoms with Gasteiger partial charge in [-0.3, -0.25) is 14.2 Å². The fourth-order valence-electron chi connectivity index (χ4n) is 5.75. The van der Waals surface area contributed by atoms with Crippen LogP contribution in [0.3, 0.4) is 0 Å². The maximum atomic E-state index is 12.8. The van der Waals surface area contributed by atoms with E-state index in [0.717, 1.165) is 50.8 Å². The van der Waals surface area contributed by atoms with Gasteiger partial charge in [0.05, 0.1) is 6.67 Å². The summed E-state index contributed by atoms with van der Waals surface area (Å²) < 4.78 is 43.0. The lowest BCUT2D eigenvalue weighted by molar-refractivity contribution is 0.0667. The molecule has 3 aromatic carbocycles. The summed E-state index contributed by atoms with van der Waals surface area (Å²) in [6.07, 6.45) is 1.14. The Morgan fingerprint density at radius 3 is 2.40 bits per heavy atom. The molecule has 2 atom stereocenters. The van der Waals surface area contributed by atoms with Crippen molar-refractivity contribution in [1.29, 1.82) is 0 Å². The number of alkyl halides is 1. The van der Waals surface area contributed by atoms with Gasteiger partial charge in [0.1, 0.15) is 24.0 Å². The lowest BCUT2D eigenvalue weighted by Crippen LogP contribution is -2.49. The van der Waals surface area contributed by atoms with Gasteiger partial charge in [0.2, 0.25) is 0 Å². The summed E-state index contributed by atoms with van der Waals surface area (Å²) in [4.78, 5) is 8.30. The van der Waals surface area contributed by atoms with Gasteiger partial charge in [-0.05, 0) is 36.5 Å². The van der Waals surface area contributed by atoms with Crippen molar-refractivity contribution in [2.24, 2.45) is 5.92 Å². The molecule has 3 heterocycles. The Bertz CT molecular complexity index is 1370. The van der Waals surface area contributed by atoms with Crippen LogP contribution in [0.1, 0.15) is 36.6 Å². The number of fused-ring (bicyclic) bond motifs is 3. The van der Waals surface area contributed by atoms with E-state index < -0.39 is 11.6 Å². The van der Waals surface area contributed by atoms with Gasteiger partial charge >= 0.3 is 0 Å². The van der Waals surface area contributed by atoms with E-state index in [0.29, 0.717) is 25.1 Å². The number of H-pyrrole nitrogens is 1. The first kappa shape index (κ1) is 28.2. The summed E-state index contributed by atoms with van der Waals surface area (Å²) in [5, 5.41) is 1.41. The van der Waals surface area contributed by atoms with Gasteiger partial charge in [-0.2, -0.15) is 0 Å². The largest absolute Gasteiger partial charge is 0.492 e. The Kier molecular flexibility index (Phi) is 9.12. The lowest BCUT2D eigenvalue weighted by Gasteiger charge is -2.37. The maximum Gasteiger partial charge on any atom is 0.129 e. The highest BCUT2D eigenvalue weighted by Crippen LogP contribution is 2.31. The van der Waals surface area contributed by atoms with Crippen LogP contribution in [-0.4, -0.2) is 60.3 Å². The quantitative estimate of drug-likeness (QED) is 0.258. The first-order chi connectivity index (χ1) is 19.4. The predicted molar refractivity (Wildman–Crippen MR) is 154 cm³/mol. The third-order valence-electron chi connectivity index (χ3n) is 8.03. The number of para-hydroxylation sites is 1. The Hall–Kier alpha value is -3.29. The molecule has 4 aromatic rings. The minimum absolute atomic E-state index is 0.140. The van der Waals surface area contributed by atoms with Crippen LogP contribution in [0.25, 0.3) is 10.9 Å². The van der Waals surface area contributed by atoms with Crippen molar-refractivity contribution in [3.63, 3.8) is 0 Å². The summed E-state index contributed by atoms with van der Waals surface area (Å²) in [6.45, 7) is 9.02. The van der Waals surface area contributed by atoms with Gasteiger partial charge < -0.3 is 9.72 Å². The van der Waals surface area contributed by atoms with E-state index in [1.165, 1.54) is 27.7 Å². The highest BCUT2D eigenvalue weighted by Gasteiger charge is 2.27. The van der Waals surface area contributed by atoms with Crippen LogP contribution < -0.4 is 4.74 Å². The molecule has 6 rings (SSSR count). The molecule has 0 saturated carbocycles. The topological polar surface area (TPSA) is 31.5 Å². The fraction of sp³-hybridized carbons (Fsp3) is 0.394. The van der Waals surface area contributed by atoms with Crippen molar-refractivity contribution in [3.05, 3.63) is 101 Å². The van der Waals surface area contributed by atoms with Gasteiger partial charge in [0, 0.05) is 79.5 Å². The van der Waals surface area contributed by atoms with Crippen LogP contribution in [0.15, 0.2) is 72.8 Å². The zero-order valence-corrected chi connectivity index (χ0v) is 23.3. The van der Waals surface area contributed by atoms with E-state index >= 15 is 0 Å². The summed E-state index contributed by atoms with van der Waals surface area (Å²) in [5.41, 5.74) is 5.64. The Balaban J connectivity index is 0.000000170. The molecule has 0 aliphatic carbocycles. The molecule has 4 nitrogen and oxygen atoms in total. The molecule has 7 heteroatoms. The predicted octanol–water partition coefficient (Wildman–Crippen LogP) is 6.96. The molecule has 212 valence electrons.